The van der Waals surface area contributed by atoms with Crippen LogP contribution in [0.1, 0.15) is 0 Å². The van der Waals surface area contributed by atoms with Gasteiger partial charge in [-0.1, -0.05) is 0 Å². The second-order valence-corrected chi connectivity index (χ2v) is 2.94. The van der Waals surface area contributed by atoms with Crippen molar-refractivity contribution in [3.05, 3.63) is 46.8 Å². The number of hydrogen-bond donors (Lipinski definition) is 0. The number of rotatable bonds is 3. The van der Waals surface area contributed by atoms with Crippen LogP contribution in [0.3, 0.4) is 0 Å². The molecule has 0 aliphatic heterocycles. The predicted octanol–water partition coefficient (Wildman–Crippen LogP) is -1.20. The van der Waals surface area contributed by atoms with Crippen molar-refractivity contribution in [2.24, 2.45) is 0 Å². The molecule has 0 aliphatic carbocycles. The average molecular weight is 241 g/mol. The van der Waals surface area contributed by atoms with Crippen LogP contribution in [0, 0.1) is 0 Å². The number of pyridine rings is 1. The van der Waals surface area contributed by atoms with Gasteiger partial charge in [0, 0.05) is 31.1 Å². The predicted molar refractivity (Wildman–Crippen MR) is 48.9 cm³/mol. The van der Waals surface area contributed by atoms with Crippen LogP contribution >= 0.6 is 0 Å². The minimum Gasteiger partial charge on any atom is -0.445 e. The second-order valence-electron chi connectivity index (χ2n) is 2.94. The van der Waals surface area contributed by atoms with Gasteiger partial charge in [-0.3, -0.25) is 4.79 Å². The minimum absolute atomic E-state index is 0. The van der Waals surface area contributed by atoms with Crippen LogP contribution in [0.4, 0.5) is 12.9 Å². The molecule has 0 amide bonds. The zero-order valence-electron chi connectivity index (χ0n) is 8.29. The van der Waals surface area contributed by atoms with Crippen LogP contribution in [0.5, 0.6) is 0 Å². The van der Waals surface area contributed by atoms with Crippen LogP contribution in [0.15, 0.2) is 41.4 Å². The van der Waals surface area contributed by atoms with Gasteiger partial charge in [0.05, 0.1) is 0 Å². The number of hydrogen-bond acceptors (Lipinski definition) is 1. The number of nitrogens with zero attached hydrogens (tertiary/aromatic N) is 1. The Kier molecular flexibility index (Phi) is 6.12. The van der Waals surface area contributed by atoms with E-state index in [0.717, 1.165) is 0 Å². The molecule has 1 aromatic heterocycles. The van der Waals surface area contributed by atoms with Gasteiger partial charge in [0.25, 0.3) is 0 Å². The molecule has 0 spiro atoms. The first-order valence-electron chi connectivity index (χ1n) is 3.93. The molecule has 15 heavy (non-hydrogen) atoms. The van der Waals surface area contributed by atoms with Crippen LogP contribution in [-0.4, -0.2) is 11.5 Å². The van der Waals surface area contributed by atoms with Crippen LogP contribution in [0.2, 0.25) is 0 Å². The first-order chi connectivity index (χ1) is 6.39. The Morgan fingerprint density at radius 3 is 2.20 bits per heavy atom. The molecule has 0 aromatic carbocycles. The third-order valence-electron chi connectivity index (χ3n) is 1.71. The summed E-state index contributed by atoms with van der Waals surface area (Å²) in [6.45, 7) is -2.38. The molecule has 0 N–H and O–H groups in total. The summed E-state index contributed by atoms with van der Waals surface area (Å²) in [4.78, 5) is 10.7. The molecule has 0 saturated carbocycles. The van der Waals surface area contributed by atoms with E-state index < -0.39 is 12.4 Å². The third-order valence-corrected chi connectivity index (χ3v) is 1.71. The monoisotopic (exact) mass is 241 g/mol. The van der Waals surface area contributed by atoms with Gasteiger partial charge in [0.1, 0.15) is 0 Å². The normalized spacial score (nSPS) is 10.6. The summed E-state index contributed by atoms with van der Waals surface area (Å²) < 4.78 is 37.6. The Morgan fingerprint density at radius 2 is 1.80 bits per heavy atom. The van der Waals surface area contributed by atoms with Crippen molar-refractivity contribution in [1.29, 1.82) is 0 Å². The summed E-state index contributed by atoms with van der Waals surface area (Å²) in [6, 6.07) is 2.41. The number of aromatic nitrogens is 1. The van der Waals surface area contributed by atoms with Crippen molar-refractivity contribution in [2.45, 2.75) is 6.54 Å². The van der Waals surface area contributed by atoms with Crippen LogP contribution in [0.25, 0.3) is 0 Å². The van der Waals surface area contributed by atoms with Crippen molar-refractivity contribution in [3.8, 4) is 0 Å². The van der Waals surface area contributed by atoms with Crippen LogP contribution < -0.4 is 56.8 Å². The van der Waals surface area contributed by atoms with E-state index in [1.165, 1.54) is 29.1 Å². The molecule has 0 unspecified atom stereocenters. The molecule has 1 rings (SSSR count). The fourth-order valence-electron chi connectivity index (χ4n) is 0.887. The van der Waals surface area contributed by atoms with Crippen LogP contribution in [-0.2, 0) is 6.54 Å². The van der Waals surface area contributed by atoms with Gasteiger partial charge in [-0.05, 0) is 0 Å². The van der Waals surface area contributed by atoms with Gasteiger partial charge in [0.2, 0.25) is 0 Å². The molecular formula is C8H8BF3KNO. The molecule has 1 heterocycles. The molecule has 0 fully saturated rings. The van der Waals surface area contributed by atoms with E-state index in [1.807, 2.05) is 0 Å². The fourth-order valence-corrected chi connectivity index (χ4v) is 0.887. The van der Waals surface area contributed by atoms with Gasteiger partial charge in [-0.2, -0.15) is 0 Å². The molecule has 0 aliphatic rings. The van der Waals surface area contributed by atoms with Crippen molar-refractivity contribution in [1.82, 2.24) is 4.57 Å². The summed E-state index contributed by atoms with van der Waals surface area (Å²) in [7, 11) is 0. The number of halogens is 3. The van der Waals surface area contributed by atoms with E-state index in [9.17, 15) is 17.7 Å². The zero-order chi connectivity index (χ0) is 10.8. The smallest absolute Gasteiger partial charge is 0.445 e. The Morgan fingerprint density at radius 1 is 1.33 bits per heavy atom. The number of allylic oxidation sites excluding steroid dienone is 1. The van der Waals surface area contributed by atoms with Crippen molar-refractivity contribution < 1.29 is 64.3 Å². The van der Waals surface area contributed by atoms with Gasteiger partial charge in [0.15, 0.2) is 5.43 Å². The van der Waals surface area contributed by atoms with Crippen molar-refractivity contribution >= 4 is 6.98 Å². The topological polar surface area (TPSA) is 22.0 Å². The molecule has 0 bridgehead atoms. The second kappa shape index (κ2) is 6.05. The van der Waals surface area contributed by atoms with E-state index in [0.29, 0.717) is 0 Å². The summed E-state index contributed by atoms with van der Waals surface area (Å²) in [5.74, 6) is 0. The van der Waals surface area contributed by atoms with Gasteiger partial charge < -0.3 is 17.5 Å². The molecule has 2 nitrogen and oxygen atoms in total. The van der Waals surface area contributed by atoms with Crippen molar-refractivity contribution in [3.63, 3.8) is 0 Å². The molecule has 0 atom stereocenters. The fraction of sp³-hybridized carbons (Fsp3) is 0.125. The summed E-state index contributed by atoms with van der Waals surface area (Å²) >= 11 is 0. The largest absolute Gasteiger partial charge is 1.00 e. The first kappa shape index (κ1) is 15.2. The van der Waals surface area contributed by atoms with Crippen molar-refractivity contribution in [2.75, 3.05) is 0 Å². The summed E-state index contributed by atoms with van der Waals surface area (Å²) in [5.41, 5.74) is -1.02. The van der Waals surface area contributed by atoms with E-state index in [2.05, 4.69) is 6.58 Å². The maximum Gasteiger partial charge on any atom is 1.00 e. The first-order valence-corrected chi connectivity index (χ1v) is 3.93. The Hall–Kier alpha value is 0.181. The molecular weight excluding hydrogens is 233 g/mol. The van der Waals surface area contributed by atoms with E-state index in [-0.39, 0.29) is 63.4 Å². The van der Waals surface area contributed by atoms with Gasteiger partial charge >= 0.3 is 58.4 Å². The Bertz CT molecular complexity index is 381. The Balaban J connectivity index is 0.00000196. The molecule has 1 aromatic rings. The van der Waals surface area contributed by atoms with Gasteiger partial charge in [-0.15, -0.1) is 12.1 Å². The maximum absolute atomic E-state index is 12.1. The molecule has 76 valence electrons. The SMILES string of the molecule is C=C(Cn1ccc(=O)cc1)[B-](F)(F)F.[K+]. The summed E-state index contributed by atoms with van der Waals surface area (Å²) in [6.07, 6.45) is 2.60. The minimum atomic E-state index is -5.00. The molecule has 0 radical (unpaired) electrons. The quantitative estimate of drug-likeness (QED) is 0.609. The average Bonchev–Trinajstić information content (AvgIpc) is 2.07. The van der Waals surface area contributed by atoms with E-state index in [4.69, 9.17) is 0 Å². The Labute approximate surface area is 128 Å². The standard InChI is InChI=1S/C8H8BF3NO.K/c1-7(9(10,11)12)6-13-4-2-8(14)3-5-13;/h2-5H,1,6H2;/q-1;+1. The summed E-state index contributed by atoms with van der Waals surface area (Å²) in [5, 5.41) is 0. The van der Waals surface area contributed by atoms with E-state index in [1.54, 1.807) is 0 Å². The van der Waals surface area contributed by atoms with E-state index >= 15 is 0 Å². The maximum atomic E-state index is 12.1. The molecule has 0 saturated heterocycles. The third kappa shape index (κ3) is 5.17. The zero-order valence-corrected chi connectivity index (χ0v) is 11.4. The molecule has 7 heteroatoms. The van der Waals surface area contributed by atoms with Gasteiger partial charge in [-0.25, -0.2) is 0 Å².